The Morgan fingerprint density at radius 1 is 1.15 bits per heavy atom. The average molecular weight is 282 g/mol. The quantitative estimate of drug-likeness (QED) is 0.825. The summed E-state index contributed by atoms with van der Waals surface area (Å²) in [5.41, 5.74) is 0.0709. The molecule has 7 heteroatoms. The fraction of sp³-hybridized carbons (Fsp3) is 0.231. The second kappa shape index (κ2) is 6.23. The SMILES string of the molecule is CCCNc1nccc(Nc2cc(F)c(F)c(F)c2)n1. The van der Waals surface area contributed by atoms with Gasteiger partial charge in [-0.1, -0.05) is 6.92 Å². The van der Waals surface area contributed by atoms with Gasteiger partial charge in [0.25, 0.3) is 0 Å². The topological polar surface area (TPSA) is 49.8 Å². The molecule has 106 valence electrons. The minimum Gasteiger partial charge on any atom is -0.354 e. The van der Waals surface area contributed by atoms with Gasteiger partial charge < -0.3 is 10.6 Å². The number of aromatic nitrogens is 2. The summed E-state index contributed by atoms with van der Waals surface area (Å²) < 4.78 is 39.0. The molecule has 2 aromatic rings. The molecule has 0 amide bonds. The van der Waals surface area contributed by atoms with Crippen molar-refractivity contribution in [2.75, 3.05) is 17.2 Å². The lowest BCUT2D eigenvalue weighted by Gasteiger charge is -2.08. The lowest BCUT2D eigenvalue weighted by atomic mass is 10.3. The summed E-state index contributed by atoms with van der Waals surface area (Å²) in [6, 6.07) is 3.26. The summed E-state index contributed by atoms with van der Waals surface area (Å²) in [5, 5.41) is 5.67. The summed E-state index contributed by atoms with van der Waals surface area (Å²) in [6.07, 6.45) is 2.42. The highest BCUT2D eigenvalue weighted by Gasteiger charge is 2.11. The maximum absolute atomic E-state index is 13.1. The molecule has 0 saturated heterocycles. The Morgan fingerprint density at radius 3 is 2.50 bits per heavy atom. The van der Waals surface area contributed by atoms with Crippen molar-refractivity contribution in [1.29, 1.82) is 0 Å². The Labute approximate surface area is 114 Å². The van der Waals surface area contributed by atoms with E-state index in [1.807, 2.05) is 6.92 Å². The summed E-state index contributed by atoms with van der Waals surface area (Å²) in [5.74, 6) is -3.26. The largest absolute Gasteiger partial charge is 0.354 e. The second-order valence-corrected chi connectivity index (χ2v) is 4.07. The van der Waals surface area contributed by atoms with Crippen LogP contribution in [0.2, 0.25) is 0 Å². The van der Waals surface area contributed by atoms with Gasteiger partial charge >= 0.3 is 0 Å². The van der Waals surface area contributed by atoms with Crippen LogP contribution in [0.3, 0.4) is 0 Å². The molecule has 2 N–H and O–H groups in total. The highest BCUT2D eigenvalue weighted by Crippen LogP contribution is 2.20. The van der Waals surface area contributed by atoms with Crippen molar-refractivity contribution in [3.05, 3.63) is 41.8 Å². The van der Waals surface area contributed by atoms with E-state index in [-0.39, 0.29) is 5.69 Å². The highest BCUT2D eigenvalue weighted by atomic mass is 19.2. The number of nitrogens with zero attached hydrogens (tertiary/aromatic N) is 2. The Morgan fingerprint density at radius 2 is 1.85 bits per heavy atom. The molecule has 0 unspecified atom stereocenters. The first-order valence-corrected chi connectivity index (χ1v) is 6.08. The van der Waals surface area contributed by atoms with Crippen molar-refractivity contribution in [3.63, 3.8) is 0 Å². The first kappa shape index (κ1) is 14.1. The molecule has 0 aliphatic carbocycles. The number of nitrogens with one attached hydrogen (secondary N) is 2. The van der Waals surface area contributed by atoms with E-state index in [4.69, 9.17) is 0 Å². The molecule has 0 aliphatic rings. The second-order valence-electron chi connectivity index (χ2n) is 4.07. The van der Waals surface area contributed by atoms with Gasteiger partial charge in [0.15, 0.2) is 17.5 Å². The van der Waals surface area contributed by atoms with Crippen LogP contribution in [0.25, 0.3) is 0 Å². The van der Waals surface area contributed by atoms with Crippen molar-refractivity contribution >= 4 is 17.5 Å². The normalized spacial score (nSPS) is 10.4. The van der Waals surface area contributed by atoms with Crippen LogP contribution in [-0.4, -0.2) is 16.5 Å². The van der Waals surface area contributed by atoms with E-state index < -0.39 is 17.5 Å². The number of benzene rings is 1. The minimum absolute atomic E-state index is 0.0709. The van der Waals surface area contributed by atoms with Crippen LogP contribution in [0.15, 0.2) is 24.4 Å². The molecule has 1 heterocycles. The molecular formula is C13H13F3N4. The molecule has 4 nitrogen and oxygen atoms in total. The van der Waals surface area contributed by atoms with Crippen LogP contribution < -0.4 is 10.6 Å². The maximum atomic E-state index is 13.1. The van der Waals surface area contributed by atoms with Gasteiger partial charge in [0, 0.05) is 30.6 Å². The molecule has 20 heavy (non-hydrogen) atoms. The molecule has 0 aliphatic heterocycles. The maximum Gasteiger partial charge on any atom is 0.224 e. The number of halogens is 3. The predicted molar refractivity (Wildman–Crippen MR) is 70.4 cm³/mol. The number of hydrogen-bond donors (Lipinski definition) is 2. The van der Waals surface area contributed by atoms with Gasteiger partial charge in [0.05, 0.1) is 0 Å². The van der Waals surface area contributed by atoms with Crippen molar-refractivity contribution in [2.24, 2.45) is 0 Å². The molecule has 0 radical (unpaired) electrons. The van der Waals surface area contributed by atoms with E-state index in [9.17, 15) is 13.2 Å². The summed E-state index contributed by atoms with van der Waals surface area (Å²) in [4.78, 5) is 8.11. The van der Waals surface area contributed by atoms with Crippen LogP contribution in [-0.2, 0) is 0 Å². The minimum atomic E-state index is -1.50. The summed E-state index contributed by atoms with van der Waals surface area (Å²) in [7, 11) is 0. The average Bonchev–Trinajstić information content (AvgIpc) is 2.43. The zero-order valence-electron chi connectivity index (χ0n) is 10.8. The van der Waals surface area contributed by atoms with Gasteiger partial charge in [-0.3, -0.25) is 0 Å². The van der Waals surface area contributed by atoms with Gasteiger partial charge in [0.2, 0.25) is 5.95 Å². The van der Waals surface area contributed by atoms with E-state index in [2.05, 4.69) is 20.6 Å². The van der Waals surface area contributed by atoms with Crippen LogP contribution in [0.5, 0.6) is 0 Å². The van der Waals surface area contributed by atoms with Crippen LogP contribution >= 0.6 is 0 Å². The van der Waals surface area contributed by atoms with Crippen molar-refractivity contribution in [1.82, 2.24) is 9.97 Å². The van der Waals surface area contributed by atoms with Crippen molar-refractivity contribution < 1.29 is 13.2 Å². The first-order valence-electron chi connectivity index (χ1n) is 6.08. The van der Waals surface area contributed by atoms with Gasteiger partial charge in [-0.25, -0.2) is 18.2 Å². The highest BCUT2D eigenvalue weighted by molar-refractivity contribution is 5.57. The van der Waals surface area contributed by atoms with Crippen molar-refractivity contribution in [3.8, 4) is 0 Å². The Bertz CT molecular complexity index is 581. The Kier molecular flexibility index (Phi) is 4.39. The summed E-state index contributed by atoms with van der Waals surface area (Å²) in [6.45, 7) is 2.71. The number of anilines is 3. The fourth-order valence-electron chi connectivity index (χ4n) is 1.53. The zero-order chi connectivity index (χ0) is 14.5. The smallest absolute Gasteiger partial charge is 0.224 e. The summed E-state index contributed by atoms with van der Waals surface area (Å²) >= 11 is 0. The standard InChI is InChI=1S/C13H13F3N4/c1-2-4-17-13-18-5-3-11(20-13)19-8-6-9(14)12(16)10(15)7-8/h3,5-7H,2,4H2,1H3,(H2,17,18,19,20). The van der Waals surface area contributed by atoms with Gasteiger partial charge in [0.1, 0.15) is 5.82 Å². The number of hydrogen-bond acceptors (Lipinski definition) is 4. The van der Waals surface area contributed by atoms with Crippen LogP contribution in [0.4, 0.5) is 30.6 Å². The third kappa shape index (κ3) is 3.37. The fourth-order valence-corrected chi connectivity index (χ4v) is 1.53. The van der Waals surface area contributed by atoms with E-state index in [1.165, 1.54) is 12.3 Å². The van der Waals surface area contributed by atoms with E-state index in [0.717, 1.165) is 18.6 Å². The van der Waals surface area contributed by atoms with E-state index in [1.54, 1.807) is 0 Å². The molecule has 0 spiro atoms. The first-order chi connectivity index (χ1) is 9.60. The van der Waals surface area contributed by atoms with Crippen LogP contribution in [0.1, 0.15) is 13.3 Å². The molecule has 1 aromatic heterocycles. The third-order valence-corrected chi connectivity index (χ3v) is 2.44. The molecule has 1 aromatic carbocycles. The number of rotatable bonds is 5. The van der Waals surface area contributed by atoms with E-state index >= 15 is 0 Å². The lowest BCUT2D eigenvalue weighted by molar-refractivity contribution is 0.448. The molecule has 0 atom stereocenters. The van der Waals surface area contributed by atoms with Gasteiger partial charge in [-0.05, 0) is 12.5 Å². The molecule has 0 fully saturated rings. The van der Waals surface area contributed by atoms with E-state index in [0.29, 0.717) is 18.3 Å². The predicted octanol–water partition coefficient (Wildman–Crippen LogP) is 3.46. The van der Waals surface area contributed by atoms with Crippen molar-refractivity contribution in [2.45, 2.75) is 13.3 Å². The molecular weight excluding hydrogens is 269 g/mol. The molecule has 2 rings (SSSR count). The molecule has 0 saturated carbocycles. The lowest BCUT2D eigenvalue weighted by Crippen LogP contribution is -2.05. The van der Waals surface area contributed by atoms with Gasteiger partial charge in [-0.2, -0.15) is 4.98 Å². The van der Waals surface area contributed by atoms with Gasteiger partial charge in [-0.15, -0.1) is 0 Å². The van der Waals surface area contributed by atoms with Crippen LogP contribution in [0, 0.1) is 17.5 Å². The Balaban J connectivity index is 2.17. The monoisotopic (exact) mass is 282 g/mol. The third-order valence-electron chi connectivity index (χ3n) is 2.44. The zero-order valence-corrected chi connectivity index (χ0v) is 10.8. The Hall–Kier alpha value is -2.31. The molecule has 0 bridgehead atoms.